The fourth-order valence-corrected chi connectivity index (χ4v) is 3.38. The molecule has 0 amide bonds. The molecule has 25 heavy (non-hydrogen) atoms. The van der Waals surface area contributed by atoms with Gasteiger partial charge >= 0.3 is 5.69 Å². The lowest BCUT2D eigenvalue weighted by molar-refractivity contribution is 0.382. The molecule has 0 aliphatic heterocycles. The molecular weight excluding hydrogens is 318 g/mol. The Bertz CT molecular complexity index is 1010. The normalized spacial score (nSPS) is 21.7. The number of anilines is 1. The van der Waals surface area contributed by atoms with Crippen molar-refractivity contribution in [2.45, 2.75) is 12.5 Å². The molecule has 1 heterocycles. The van der Waals surface area contributed by atoms with E-state index in [1.807, 2.05) is 30.3 Å². The second-order valence-corrected chi connectivity index (χ2v) is 6.15. The highest BCUT2D eigenvalue weighted by atomic mass is 16.2. The predicted octanol–water partition coefficient (Wildman–Crippen LogP) is 1.07. The van der Waals surface area contributed by atoms with Crippen molar-refractivity contribution < 1.29 is 0 Å². The number of nitrogens with zero attached hydrogens (tertiary/aromatic N) is 4. The first-order valence-electron chi connectivity index (χ1n) is 7.89. The minimum absolute atomic E-state index is 0.207. The van der Waals surface area contributed by atoms with Crippen molar-refractivity contribution in [1.29, 1.82) is 10.5 Å². The predicted molar refractivity (Wildman–Crippen MR) is 91.6 cm³/mol. The van der Waals surface area contributed by atoms with E-state index < -0.39 is 29.1 Å². The fourth-order valence-electron chi connectivity index (χ4n) is 3.38. The summed E-state index contributed by atoms with van der Waals surface area (Å²) in [6.07, 6.45) is 0.207. The lowest BCUT2D eigenvalue weighted by Crippen LogP contribution is -2.47. The first-order valence-corrected chi connectivity index (χ1v) is 7.89. The van der Waals surface area contributed by atoms with E-state index >= 15 is 0 Å². The zero-order valence-corrected chi connectivity index (χ0v) is 13.9. The van der Waals surface area contributed by atoms with Crippen LogP contribution in [0.2, 0.25) is 0 Å². The molecule has 2 aromatic rings. The number of rotatable bonds is 2. The second-order valence-electron chi connectivity index (χ2n) is 6.15. The van der Waals surface area contributed by atoms with Gasteiger partial charge in [-0.1, -0.05) is 18.2 Å². The van der Waals surface area contributed by atoms with Crippen molar-refractivity contribution >= 4 is 5.69 Å². The molecule has 1 aromatic carbocycles. The third-order valence-corrected chi connectivity index (χ3v) is 4.75. The second kappa shape index (κ2) is 6.29. The highest BCUT2D eigenvalue weighted by molar-refractivity contribution is 5.47. The highest BCUT2D eigenvalue weighted by Gasteiger charge is 2.41. The lowest BCUT2D eigenvalue weighted by atomic mass is 9.75. The minimum Gasteiger partial charge on any atom is -0.377 e. The van der Waals surface area contributed by atoms with E-state index in [-0.39, 0.29) is 6.42 Å². The van der Waals surface area contributed by atoms with Gasteiger partial charge in [-0.05, 0) is 12.1 Å². The average Bonchev–Trinajstić information content (AvgIpc) is 2.64. The Morgan fingerprint density at radius 3 is 2.36 bits per heavy atom. The quantitative estimate of drug-likeness (QED) is 0.884. The van der Waals surface area contributed by atoms with Gasteiger partial charge in [-0.15, -0.1) is 0 Å². The van der Waals surface area contributed by atoms with Gasteiger partial charge in [-0.3, -0.25) is 9.36 Å². The summed E-state index contributed by atoms with van der Waals surface area (Å²) in [5.74, 6) is -1.29. The van der Waals surface area contributed by atoms with Crippen LogP contribution in [0.3, 0.4) is 0 Å². The summed E-state index contributed by atoms with van der Waals surface area (Å²) in [6, 6.07) is 12.9. The molecule has 0 unspecified atom stereocenters. The van der Waals surface area contributed by atoms with Crippen molar-refractivity contribution in [3.8, 4) is 12.1 Å². The van der Waals surface area contributed by atoms with E-state index in [2.05, 4.69) is 17.5 Å². The van der Waals surface area contributed by atoms with Gasteiger partial charge in [-0.2, -0.15) is 10.5 Å². The summed E-state index contributed by atoms with van der Waals surface area (Å²) in [6.45, 7) is 0. The van der Waals surface area contributed by atoms with Crippen LogP contribution in [-0.4, -0.2) is 9.13 Å². The molecule has 0 saturated heterocycles. The van der Waals surface area contributed by atoms with Crippen LogP contribution in [0.5, 0.6) is 0 Å². The van der Waals surface area contributed by atoms with Crippen LogP contribution in [0.25, 0.3) is 0 Å². The Balaban J connectivity index is 2.25. The summed E-state index contributed by atoms with van der Waals surface area (Å²) in [7, 11) is 3.00. The monoisotopic (exact) mass is 335 g/mol. The molecule has 0 fully saturated rings. The van der Waals surface area contributed by atoms with Crippen molar-refractivity contribution in [1.82, 2.24) is 9.13 Å². The molecule has 0 radical (unpaired) electrons. The highest BCUT2D eigenvalue weighted by Crippen LogP contribution is 2.37. The Kier molecular flexibility index (Phi) is 4.16. The molecule has 1 N–H and O–H groups in total. The molecule has 0 spiro atoms. The van der Waals surface area contributed by atoms with Crippen LogP contribution >= 0.6 is 0 Å². The summed E-state index contributed by atoms with van der Waals surface area (Å²) in [5, 5.41) is 22.3. The van der Waals surface area contributed by atoms with Crippen molar-refractivity contribution in [3.63, 3.8) is 0 Å². The maximum atomic E-state index is 12.8. The van der Waals surface area contributed by atoms with E-state index in [4.69, 9.17) is 0 Å². The first-order chi connectivity index (χ1) is 12.0. The SMILES string of the molecule is Cn1c2c(c(=O)n(C)c1=O)[C@H](Nc1ccccc1)[C@H](C#N)[C@@H](C#N)C2. The lowest BCUT2D eigenvalue weighted by Gasteiger charge is -2.34. The Morgan fingerprint density at radius 2 is 1.76 bits per heavy atom. The van der Waals surface area contributed by atoms with Gasteiger partial charge in [0, 0.05) is 31.9 Å². The number of hydrogen-bond acceptors (Lipinski definition) is 5. The molecule has 126 valence electrons. The first kappa shape index (κ1) is 16.5. The molecule has 7 nitrogen and oxygen atoms in total. The van der Waals surface area contributed by atoms with Crippen LogP contribution in [0, 0.1) is 34.5 Å². The summed E-state index contributed by atoms with van der Waals surface area (Å²) < 4.78 is 2.44. The van der Waals surface area contributed by atoms with E-state index in [1.54, 1.807) is 7.05 Å². The van der Waals surface area contributed by atoms with Gasteiger partial charge in [0.1, 0.15) is 0 Å². The van der Waals surface area contributed by atoms with Gasteiger partial charge in [0.05, 0.1) is 35.6 Å². The molecule has 1 aromatic heterocycles. The van der Waals surface area contributed by atoms with Gasteiger partial charge in [0.25, 0.3) is 5.56 Å². The van der Waals surface area contributed by atoms with E-state index in [0.29, 0.717) is 11.3 Å². The molecule has 0 bridgehead atoms. The summed E-state index contributed by atoms with van der Waals surface area (Å²) in [4.78, 5) is 25.0. The number of nitrogens with one attached hydrogen (secondary N) is 1. The van der Waals surface area contributed by atoms with Crippen LogP contribution in [0.15, 0.2) is 39.9 Å². The Morgan fingerprint density at radius 1 is 1.08 bits per heavy atom. The van der Waals surface area contributed by atoms with Crippen molar-refractivity contribution in [2.24, 2.45) is 25.9 Å². The zero-order valence-electron chi connectivity index (χ0n) is 13.9. The van der Waals surface area contributed by atoms with Crippen LogP contribution in [-0.2, 0) is 20.5 Å². The van der Waals surface area contributed by atoms with Crippen LogP contribution in [0.4, 0.5) is 5.69 Å². The number of benzene rings is 1. The molecule has 0 saturated carbocycles. The van der Waals surface area contributed by atoms with E-state index in [1.165, 1.54) is 11.6 Å². The van der Waals surface area contributed by atoms with E-state index in [0.717, 1.165) is 10.3 Å². The third kappa shape index (κ3) is 2.60. The fraction of sp³-hybridized carbons (Fsp3) is 0.333. The molecule has 3 rings (SSSR count). The van der Waals surface area contributed by atoms with Crippen LogP contribution < -0.4 is 16.6 Å². The molecule has 1 aliphatic rings. The van der Waals surface area contributed by atoms with Gasteiger partial charge < -0.3 is 9.88 Å². The van der Waals surface area contributed by atoms with E-state index in [9.17, 15) is 20.1 Å². The molecule has 1 aliphatic carbocycles. The smallest absolute Gasteiger partial charge is 0.330 e. The average molecular weight is 335 g/mol. The number of para-hydroxylation sites is 1. The topological polar surface area (TPSA) is 104 Å². The van der Waals surface area contributed by atoms with Crippen molar-refractivity contribution in [3.05, 3.63) is 62.4 Å². The number of nitriles is 2. The number of fused-ring (bicyclic) bond motifs is 1. The van der Waals surface area contributed by atoms with Crippen molar-refractivity contribution in [2.75, 3.05) is 5.32 Å². The standard InChI is InChI=1S/C18H17N5O2/c1-22-14-8-11(9-19)13(10-20)16(21-12-6-4-3-5-7-12)15(14)17(24)23(2)18(22)25/h3-7,11,13,16,21H,8H2,1-2H3/t11-,13-,16-/m1/s1. The zero-order chi connectivity index (χ0) is 18.1. The largest absolute Gasteiger partial charge is 0.377 e. The maximum absolute atomic E-state index is 12.8. The van der Waals surface area contributed by atoms with Gasteiger partial charge in [0.2, 0.25) is 0 Å². The Labute approximate surface area is 144 Å². The molecule has 7 heteroatoms. The van der Waals surface area contributed by atoms with Crippen LogP contribution in [0.1, 0.15) is 17.3 Å². The number of aromatic nitrogens is 2. The maximum Gasteiger partial charge on any atom is 0.330 e. The Hall–Kier alpha value is -3.32. The minimum atomic E-state index is -0.692. The number of hydrogen-bond donors (Lipinski definition) is 1. The van der Waals surface area contributed by atoms with Gasteiger partial charge in [0.15, 0.2) is 0 Å². The summed E-state index contributed by atoms with van der Waals surface area (Å²) in [5.41, 5.74) is 0.775. The molecular formula is C18H17N5O2. The summed E-state index contributed by atoms with van der Waals surface area (Å²) >= 11 is 0. The third-order valence-electron chi connectivity index (χ3n) is 4.75. The molecule has 3 atom stereocenters. The van der Waals surface area contributed by atoms with Gasteiger partial charge in [-0.25, -0.2) is 4.79 Å².